The van der Waals surface area contributed by atoms with Crippen molar-refractivity contribution in [3.63, 3.8) is 0 Å². The third kappa shape index (κ3) is 3.64. The minimum Gasteiger partial charge on any atom is -0.336 e. The molecule has 4 aliphatic carbocycles. The van der Waals surface area contributed by atoms with Gasteiger partial charge in [-0.1, -0.05) is 31.6 Å². The fraction of sp³-hybridized carbons (Fsp3) is 0.724. The third-order valence-corrected chi connectivity index (χ3v) is 11.9. The maximum Gasteiger partial charge on any atom is 0.295 e. The molecule has 1 aromatic heterocycles. The van der Waals surface area contributed by atoms with E-state index < -0.39 is 0 Å². The van der Waals surface area contributed by atoms with E-state index in [2.05, 4.69) is 39.2 Å². The summed E-state index contributed by atoms with van der Waals surface area (Å²) in [5.41, 5.74) is 2.29. The minimum atomic E-state index is -0.360. The van der Waals surface area contributed by atoms with Crippen LogP contribution in [0.5, 0.6) is 0 Å². The molecule has 5 rings (SSSR count). The quantitative estimate of drug-likeness (QED) is 0.321. The van der Waals surface area contributed by atoms with Gasteiger partial charge in [-0.05, 0) is 111 Å². The maximum atomic E-state index is 12.9. The lowest BCUT2D eigenvalue weighted by molar-refractivity contribution is -0.128. The molecule has 0 bridgehead atoms. The van der Waals surface area contributed by atoms with Crippen LogP contribution in [0.3, 0.4) is 0 Å². The number of nitrogens with one attached hydrogen (secondary N) is 1. The predicted octanol–water partition coefficient (Wildman–Crippen LogP) is 5.94. The van der Waals surface area contributed by atoms with E-state index >= 15 is 0 Å². The van der Waals surface area contributed by atoms with Crippen molar-refractivity contribution in [1.29, 1.82) is 0 Å². The molecule has 4 nitrogen and oxygen atoms in total. The molecule has 3 fully saturated rings. The van der Waals surface area contributed by atoms with Gasteiger partial charge in [0.2, 0.25) is 0 Å². The molecule has 1 aromatic rings. The zero-order chi connectivity index (χ0) is 24.3. The van der Waals surface area contributed by atoms with Gasteiger partial charge < -0.3 is 10.2 Å². The van der Waals surface area contributed by atoms with Crippen molar-refractivity contribution < 1.29 is 9.59 Å². The van der Waals surface area contributed by atoms with Crippen LogP contribution in [-0.4, -0.2) is 42.8 Å². The van der Waals surface area contributed by atoms with E-state index in [-0.39, 0.29) is 23.1 Å². The lowest BCUT2D eigenvalue weighted by Crippen LogP contribution is -2.53. The summed E-state index contributed by atoms with van der Waals surface area (Å²) in [6.07, 6.45) is 12.3. The lowest BCUT2D eigenvalue weighted by atomic mass is 9.47. The van der Waals surface area contributed by atoms with Crippen LogP contribution < -0.4 is 5.32 Å². The van der Waals surface area contributed by atoms with Gasteiger partial charge in [0.25, 0.3) is 11.7 Å². The van der Waals surface area contributed by atoms with Crippen molar-refractivity contribution in [2.24, 2.45) is 34.5 Å². The first-order chi connectivity index (χ1) is 16.2. The lowest BCUT2D eigenvalue weighted by Gasteiger charge is -2.59. The van der Waals surface area contributed by atoms with Crippen molar-refractivity contribution in [2.45, 2.75) is 84.2 Å². The third-order valence-electron chi connectivity index (χ3n) is 11.0. The predicted molar refractivity (Wildman–Crippen MR) is 139 cm³/mol. The molecule has 1 amide bonds. The standard InChI is InChI=1S/C29H42N2O2S/c1-18(30-4)22-10-11-23-21-9-8-19-17-20(31(5)27(33)26(32)25-7-6-16-34-25)12-14-28(19,2)24(21)13-15-29(22,23)3/h6-8,16,18,20-24,30H,9-15,17H2,1-5H3. The second-order valence-electron chi connectivity index (χ2n) is 12.2. The number of thiophene rings is 1. The normalized spacial score (nSPS) is 39.9. The molecule has 186 valence electrons. The van der Waals surface area contributed by atoms with Gasteiger partial charge in [0.1, 0.15) is 0 Å². The molecule has 5 heteroatoms. The summed E-state index contributed by atoms with van der Waals surface area (Å²) < 4.78 is 0. The Hall–Kier alpha value is -1.46. The molecule has 0 aliphatic heterocycles. The summed E-state index contributed by atoms with van der Waals surface area (Å²) in [5.74, 6) is 2.49. The van der Waals surface area contributed by atoms with Gasteiger partial charge in [0, 0.05) is 19.1 Å². The number of carbonyl (C=O) groups is 2. The number of carbonyl (C=O) groups excluding carboxylic acids is 2. The van der Waals surface area contributed by atoms with Gasteiger partial charge in [-0.15, -0.1) is 11.3 Å². The van der Waals surface area contributed by atoms with E-state index in [0.717, 1.165) is 42.9 Å². The molecule has 1 N–H and O–H groups in total. The van der Waals surface area contributed by atoms with Gasteiger partial charge in [0.15, 0.2) is 0 Å². The van der Waals surface area contributed by atoms with Crippen molar-refractivity contribution >= 4 is 23.0 Å². The van der Waals surface area contributed by atoms with Crippen molar-refractivity contribution in [3.8, 4) is 0 Å². The van der Waals surface area contributed by atoms with Gasteiger partial charge in [-0.3, -0.25) is 9.59 Å². The molecule has 1 heterocycles. The number of amides is 1. The summed E-state index contributed by atoms with van der Waals surface area (Å²) in [5, 5.41) is 5.42. The Morgan fingerprint density at radius 2 is 1.94 bits per heavy atom. The van der Waals surface area contributed by atoms with E-state index in [1.165, 1.54) is 43.4 Å². The molecule has 0 radical (unpaired) electrons. The van der Waals surface area contributed by atoms with Crippen LogP contribution in [-0.2, 0) is 4.79 Å². The fourth-order valence-electron chi connectivity index (χ4n) is 8.87. The number of Topliss-reactive ketones (excluding diaryl/α,β-unsaturated/α-hetero) is 1. The number of rotatable bonds is 5. The first-order valence-electron chi connectivity index (χ1n) is 13.4. The molecule has 0 saturated heterocycles. The molecule has 0 aromatic carbocycles. The van der Waals surface area contributed by atoms with E-state index in [1.54, 1.807) is 16.5 Å². The molecule has 8 atom stereocenters. The highest BCUT2D eigenvalue weighted by molar-refractivity contribution is 7.13. The molecular weight excluding hydrogens is 440 g/mol. The number of fused-ring (bicyclic) bond motifs is 5. The highest BCUT2D eigenvalue weighted by Gasteiger charge is 2.59. The number of hydrogen-bond acceptors (Lipinski definition) is 4. The number of likely N-dealkylation sites (N-methyl/N-ethyl adjacent to an activating group) is 1. The van der Waals surface area contributed by atoms with E-state index in [9.17, 15) is 9.59 Å². The Morgan fingerprint density at radius 3 is 2.65 bits per heavy atom. The van der Waals surface area contributed by atoms with Crippen LogP contribution in [0.2, 0.25) is 0 Å². The van der Waals surface area contributed by atoms with Crippen LogP contribution >= 0.6 is 11.3 Å². The smallest absolute Gasteiger partial charge is 0.295 e. The molecule has 3 saturated carbocycles. The molecule has 8 unspecified atom stereocenters. The highest BCUT2D eigenvalue weighted by Crippen LogP contribution is 2.66. The number of hydrogen-bond donors (Lipinski definition) is 1. The van der Waals surface area contributed by atoms with Crippen molar-refractivity contribution in [1.82, 2.24) is 10.2 Å². The van der Waals surface area contributed by atoms with Gasteiger partial charge >= 0.3 is 0 Å². The minimum absolute atomic E-state index is 0.133. The zero-order valence-corrected chi connectivity index (χ0v) is 22.4. The Balaban J connectivity index is 1.32. The second kappa shape index (κ2) is 8.89. The first kappa shape index (κ1) is 24.2. The average molecular weight is 483 g/mol. The fourth-order valence-corrected chi connectivity index (χ4v) is 9.53. The van der Waals surface area contributed by atoms with Crippen molar-refractivity contribution in [2.75, 3.05) is 14.1 Å². The zero-order valence-electron chi connectivity index (χ0n) is 21.6. The Labute approximate surface area is 209 Å². The van der Waals surface area contributed by atoms with Crippen LogP contribution in [0, 0.1) is 34.5 Å². The van der Waals surface area contributed by atoms with Crippen LogP contribution in [0.4, 0.5) is 0 Å². The monoisotopic (exact) mass is 482 g/mol. The average Bonchev–Trinajstić information content (AvgIpc) is 3.49. The van der Waals surface area contributed by atoms with Gasteiger partial charge in [0.05, 0.1) is 4.88 Å². The SMILES string of the molecule is CNC(C)C1CCC2C3CC=C4CC(N(C)C(=O)C(=O)c5cccs5)CCC4(C)C3CCC12C. The van der Waals surface area contributed by atoms with Gasteiger partial charge in [-0.25, -0.2) is 0 Å². The Bertz CT molecular complexity index is 971. The van der Waals surface area contributed by atoms with Crippen LogP contribution in [0.25, 0.3) is 0 Å². The first-order valence-corrected chi connectivity index (χ1v) is 14.3. The van der Waals surface area contributed by atoms with E-state index in [1.807, 2.05) is 18.5 Å². The Morgan fingerprint density at radius 1 is 1.15 bits per heavy atom. The maximum absolute atomic E-state index is 12.9. The number of allylic oxidation sites excluding steroid dienone is 1. The summed E-state index contributed by atoms with van der Waals surface area (Å²) in [4.78, 5) is 27.9. The summed E-state index contributed by atoms with van der Waals surface area (Å²) in [6, 6.07) is 4.31. The number of ketones is 1. The number of nitrogens with zero attached hydrogens (tertiary/aromatic N) is 1. The van der Waals surface area contributed by atoms with Crippen LogP contribution in [0.15, 0.2) is 29.2 Å². The topological polar surface area (TPSA) is 49.4 Å². The summed E-state index contributed by atoms with van der Waals surface area (Å²) in [7, 11) is 3.96. The van der Waals surface area contributed by atoms with E-state index in [4.69, 9.17) is 0 Å². The van der Waals surface area contributed by atoms with Crippen LogP contribution in [0.1, 0.15) is 81.8 Å². The van der Waals surface area contributed by atoms with Gasteiger partial charge in [-0.2, -0.15) is 0 Å². The summed E-state index contributed by atoms with van der Waals surface area (Å²) in [6.45, 7) is 7.51. The largest absolute Gasteiger partial charge is 0.336 e. The second-order valence-corrected chi connectivity index (χ2v) is 13.1. The molecule has 4 aliphatic rings. The molecule has 34 heavy (non-hydrogen) atoms. The van der Waals surface area contributed by atoms with E-state index in [0.29, 0.717) is 16.3 Å². The molecule has 0 spiro atoms. The Kier molecular flexibility index (Phi) is 6.34. The molecular formula is C29H42N2O2S. The summed E-state index contributed by atoms with van der Waals surface area (Å²) >= 11 is 1.35. The highest BCUT2D eigenvalue weighted by atomic mass is 32.1. The van der Waals surface area contributed by atoms with Crippen molar-refractivity contribution in [3.05, 3.63) is 34.0 Å².